The van der Waals surface area contributed by atoms with E-state index in [9.17, 15) is 9.59 Å². The highest BCUT2D eigenvalue weighted by Crippen LogP contribution is 2.39. The molecule has 1 amide bonds. The molecule has 0 saturated heterocycles. The van der Waals surface area contributed by atoms with Crippen LogP contribution in [0.2, 0.25) is 0 Å². The smallest absolute Gasteiger partial charge is 0.254 e. The molecule has 1 unspecified atom stereocenters. The van der Waals surface area contributed by atoms with Gasteiger partial charge in [-0.05, 0) is 35.4 Å². The van der Waals surface area contributed by atoms with Crippen molar-refractivity contribution in [2.24, 2.45) is 5.92 Å². The van der Waals surface area contributed by atoms with Crippen LogP contribution in [0.15, 0.2) is 18.2 Å². The van der Waals surface area contributed by atoms with Crippen LogP contribution in [-0.2, 0) is 10.2 Å². The van der Waals surface area contributed by atoms with Gasteiger partial charge in [0.05, 0.1) is 6.04 Å². The number of carbonyl (C=O) groups is 2. The van der Waals surface area contributed by atoms with E-state index in [0.717, 1.165) is 11.1 Å². The van der Waals surface area contributed by atoms with E-state index >= 15 is 0 Å². The third-order valence-electron chi connectivity index (χ3n) is 4.19. The number of amides is 1. The van der Waals surface area contributed by atoms with E-state index in [1.165, 1.54) is 5.56 Å². The van der Waals surface area contributed by atoms with Crippen molar-refractivity contribution in [2.45, 2.75) is 73.3 Å². The second-order valence-corrected chi connectivity index (χ2v) is 7.83. The number of Topliss-reactive ketones (excluding diaryl/α,β-unsaturated/α-hetero) is 1. The summed E-state index contributed by atoms with van der Waals surface area (Å²) in [5, 5.41) is 0. The predicted molar refractivity (Wildman–Crippen MR) is 100 cm³/mol. The van der Waals surface area contributed by atoms with Crippen LogP contribution in [0.3, 0.4) is 0 Å². The molecule has 1 aliphatic rings. The third-order valence-corrected chi connectivity index (χ3v) is 4.19. The molecule has 1 heterocycles. The van der Waals surface area contributed by atoms with Crippen molar-refractivity contribution < 1.29 is 9.59 Å². The molecule has 1 aliphatic heterocycles. The lowest BCUT2D eigenvalue weighted by Gasteiger charge is -2.27. The minimum atomic E-state index is -0.107. The van der Waals surface area contributed by atoms with E-state index in [-0.39, 0.29) is 23.1 Å². The molecule has 0 N–H and O–H groups in total. The minimum Gasteiger partial charge on any atom is -0.331 e. The standard InChI is InChI=1S/C19H27NO2.C2H6/c1-12(2)11-20-17(9-13(3)21)16-10-14(19(4,5)6)7-8-15(16)18(20)22;1-2/h7-8,10,12,17H,9,11H2,1-6H3;1-2H3. The van der Waals surface area contributed by atoms with Crippen molar-refractivity contribution in [1.82, 2.24) is 4.90 Å². The Kier molecular flexibility index (Phi) is 6.76. The van der Waals surface area contributed by atoms with Crippen LogP contribution in [0.1, 0.15) is 89.3 Å². The average Bonchev–Trinajstić information content (AvgIpc) is 2.73. The molecule has 134 valence electrons. The number of nitrogens with zero attached hydrogens (tertiary/aromatic N) is 1. The molecule has 0 bridgehead atoms. The fourth-order valence-electron chi connectivity index (χ4n) is 3.06. The van der Waals surface area contributed by atoms with Gasteiger partial charge < -0.3 is 4.90 Å². The van der Waals surface area contributed by atoms with Gasteiger partial charge in [0.1, 0.15) is 5.78 Å². The Morgan fingerprint density at radius 3 is 2.25 bits per heavy atom. The summed E-state index contributed by atoms with van der Waals surface area (Å²) in [6.45, 7) is 17.0. The molecule has 0 saturated carbocycles. The molecule has 1 aromatic rings. The number of ketones is 1. The Morgan fingerprint density at radius 2 is 1.79 bits per heavy atom. The van der Waals surface area contributed by atoms with Gasteiger partial charge in [-0.2, -0.15) is 0 Å². The summed E-state index contributed by atoms with van der Waals surface area (Å²) in [4.78, 5) is 26.3. The van der Waals surface area contributed by atoms with Crippen LogP contribution < -0.4 is 0 Å². The number of carbonyl (C=O) groups excluding carboxylic acids is 2. The number of hydrogen-bond acceptors (Lipinski definition) is 2. The lowest BCUT2D eigenvalue weighted by atomic mass is 9.84. The summed E-state index contributed by atoms with van der Waals surface area (Å²) < 4.78 is 0. The highest BCUT2D eigenvalue weighted by molar-refractivity contribution is 6.00. The van der Waals surface area contributed by atoms with Crippen LogP contribution in [0.5, 0.6) is 0 Å². The fraction of sp³-hybridized carbons (Fsp3) is 0.619. The van der Waals surface area contributed by atoms with Crippen molar-refractivity contribution >= 4 is 11.7 Å². The predicted octanol–water partition coefficient (Wildman–Crippen LogP) is 5.14. The monoisotopic (exact) mass is 331 g/mol. The van der Waals surface area contributed by atoms with E-state index in [4.69, 9.17) is 0 Å². The molecular formula is C21H33NO2. The first-order valence-corrected chi connectivity index (χ1v) is 9.06. The van der Waals surface area contributed by atoms with Gasteiger partial charge in [0.2, 0.25) is 0 Å². The van der Waals surface area contributed by atoms with Gasteiger partial charge in [-0.25, -0.2) is 0 Å². The molecule has 2 rings (SSSR count). The van der Waals surface area contributed by atoms with E-state index < -0.39 is 0 Å². The Balaban J connectivity index is 0.00000139. The molecule has 0 radical (unpaired) electrons. The first-order valence-electron chi connectivity index (χ1n) is 9.06. The molecule has 3 heteroatoms. The second kappa shape index (κ2) is 7.96. The normalized spacial score (nSPS) is 16.8. The van der Waals surface area contributed by atoms with E-state index in [1.54, 1.807) is 6.92 Å². The average molecular weight is 332 g/mol. The Labute approximate surface area is 147 Å². The largest absolute Gasteiger partial charge is 0.331 e. The van der Waals surface area contributed by atoms with Crippen molar-refractivity contribution in [1.29, 1.82) is 0 Å². The highest BCUT2D eigenvalue weighted by atomic mass is 16.2. The van der Waals surface area contributed by atoms with Gasteiger partial charge in [-0.15, -0.1) is 0 Å². The summed E-state index contributed by atoms with van der Waals surface area (Å²) in [5.41, 5.74) is 3.02. The molecule has 0 fully saturated rings. The zero-order valence-electron chi connectivity index (χ0n) is 16.6. The highest BCUT2D eigenvalue weighted by Gasteiger charge is 2.38. The fourth-order valence-corrected chi connectivity index (χ4v) is 3.06. The van der Waals surface area contributed by atoms with Crippen molar-refractivity contribution in [3.8, 4) is 0 Å². The van der Waals surface area contributed by atoms with Crippen molar-refractivity contribution in [2.75, 3.05) is 6.54 Å². The van der Waals surface area contributed by atoms with Crippen LogP contribution in [-0.4, -0.2) is 23.1 Å². The van der Waals surface area contributed by atoms with Crippen LogP contribution in [0, 0.1) is 5.92 Å². The summed E-state index contributed by atoms with van der Waals surface area (Å²) in [6, 6.07) is 6.00. The van der Waals surface area contributed by atoms with E-state index in [2.05, 4.69) is 40.7 Å². The number of rotatable bonds is 4. The zero-order chi connectivity index (χ0) is 18.7. The lowest BCUT2D eigenvalue weighted by molar-refractivity contribution is -0.118. The first kappa shape index (κ1) is 20.4. The Hall–Kier alpha value is -1.64. The van der Waals surface area contributed by atoms with Gasteiger partial charge in [0.15, 0.2) is 0 Å². The first-order chi connectivity index (χ1) is 11.1. The van der Waals surface area contributed by atoms with Crippen molar-refractivity contribution in [3.63, 3.8) is 0 Å². The molecular weight excluding hydrogens is 298 g/mol. The molecule has 1 atom stereocenters. The zero-order valence-corrected chi connectivity index (χ0v) is 16.6. The summed E-state index contributed by atoms with van der Waals surface area (Å²) in [5.74, 6) is 0.575. The number of benzene rings is 1. The summed E-state index contributed by atoms with van der Waals surface area (Å²) in [7, 11) is 0. The van der Waals surface area contributed by atoms with Crippen molar-refractivity contribution in [3.05, 3.63) is 34.9 Å². The lowest BCUT2D eigenvalue weighted by Crippen LogP contribution is -2.32. The van der Waals surface area contributed by atoms with Crippen LogP contribution >= 0.6 is 0 Å². The minimum absolute atomic E-state index is 0.0321. The maximum Gasteiger partial charge on any atom is 0.254 e. The number of hydrogen-bond donors (Lipinski definition) is 0. The molecule has 24 heavy (non-hydrogen) atoms. The Bertz CT molecular complexity index is 596. The van der Waals surface area contributed by atoms with Gasteiger partial charge in [-0.1, -0.05) is 60.6 Å². The quantitative estimate of drug-likeness (QED) is 0.766. The third kappa shape index (κ3) is 4.46. The van der Waals surface area contributed by atoms with Crippen LogP contribution in [0.4, 0.5) is 0 Å². The van der Waals surface area contributed by atoms with Gasteiger partial charge in [-0.3, -0.25) is 9.59 Å². The molecule has 0 aliphatic carbocycles. The summed E-state index contributed by atoms with van der Waals surface area (Å²) >= 11 is 0. The van der Waals surface area contributed by atoms with Gasteiger partial charge in [0.25, 0.3) is 5.91 Å². The van der Waals surface area contributed by atoms with E-state index in [1.807, 2.05) is 30.9 Å². The maximum absolute atomic E-state index is 12.7. The van der Waals surface area contributed by atoms with Gasteiger partial charge >= 0.3 is 0 Å². The van der Waals surface area contributed by atoms with Crippen LogP contribution in [0.25, 0.3) is 0 Å². The molecule has 3 nitrogen and oxygen atoms in total. The topological polar surface area (TPSA) is 37.4 Å². The summed E-state index contributed by atoms with van der Waals surface area (Å²) in [6.07, 6.45) is 0.402. The van der Waals surface area contributed by atoms with E-state index in [0.29, 0.717) is 18.9 Å². The second-order valence-electron chi connectivity index (χ2n) is 7.83. The molecule has 0 spiro atoms. The molecule has 0 aromatic heterocycles. The van der Waals surface area contributed by atoms with Gasteiger partial charge in [0, 0.05) is 18.5 Å². The Morgan fingerprint density at radius 1 is 1.21 bits per heavy atom. The molecule has 1 aromatic carbocycles. The SMILES string of the molecule is CC.CC(=O)CC1c2cc(C(C)(C)C)ccc2C(=O)N1CC(C)C. The number of fused-ring (bicyclic) bond motifs is 1. The maximum atomic E-state index is 12.7.